The lowest BCUT2D eigenvalue weighted by molar-refractivity contribution is 0.101. The number of aryl methyl sites for hydroxylation is 2. The highest BCUT2D eigenvalue weighted by Crippen LogP contribution is 2.13. The van der Waals surface area contributed by atoms with E-state index in [1.807, 2.05) is 26.0 Å². The summed E-state index contributed by atoms with van der Waals surface area (Å²) in [6, 6.07) is 10.3. The van der Waals surface area contributed by atoms with Gasteiger partial charge in [0, 0.05) is 18.6 Å². The van der Waals surface area contributed by atoms with Gasteiger partial charge in [-0.2, -0.15) is 0 Å². The molecule has 7 heteroatoms. The highest BCUT2D eigenvalue weighted by molar-refractivity contribution is 6.05. The van der Waals surface area contributed by atoms with Crippen LogP contribution in [0.3, 0.4) is 0 Å². The zero-order valence-corrected chi connectivity index (χ0v) is 14.4. The van der Waals surface area contributed by atoms with E-state index >= 15 is 0 Å². The van der Waals surface area contributed by atoms with Crippen molar-refractivity contribution in [2.75, 3.05) is 10.6 Å². The quantitative estimate of drug-likeness (QED) is 0.756. The van der Waals surface area contributed by atoms with Gasteiger partial charge in [0.05, 0.1) is 5.56 Å². The average molecular weight is 347 g/mol. The fourth-order valence-corrected chi connectivity index (χ4v) is 2.25. The van der Waals surface area contributed by atoms with Crippen LogP contribution in [-0.4, -0.2) is 26.8 Å². The molecule has 0 aliphatic carbocycles. The molecule has 3 aromatic rings. The van der Waals surface area contributed by atoms with Gasteiger partial charge < -0.3 is 10.6 Å². The lowest BCUT2D eigenvalue weighted by Crippen LogP contribution is -2.17. The van der Waals surface area contributed by atoms with Crippen molar-refractivity contribution >= 4 is 23.5 Å². The SMILES string of the molecule is Cc1cccnc1NC(=O)c1ccc(C(=O)Nc2ncccc2C)nc1. The zero-order valence-electron chi connectivity index (χ0n) is 14.4. The van der Waals surface area contributed by atoms with Gasteiger partial charge in [0.2, 0.25) is 0 Å². The van der Waals surface area contributed by atoms with E-state index < -0.39 is 0 Å². The Labute approximate surface area is 150 Å². The molecule has 0 atom stereocenters. The fourth-order valence-electron chi connectivity index (χ4n) is 2.25. The molecular weight excluding hydrogens is 330 g/mol. The Bertz CT molecular complexity index is 876. The Morgan fingerprint density at radius 3 is 1.85 bits per heavy atom. The Morgan fingerprint density at radius 1 is 0.769 bits per heavy atom. The maximum atomic E-state index is 12.3. The number of hydrogen-bond acceptors (Lipinski definition) is 5. The van der Waals surface area contributed by atoms with Gasteiger partial charge in [-0.25, -0.2) is 9.97 Å². The van der Waals surface area contributed by atoms with E-state index in [-0.39, 0.29) is 17.5 Å². The van der Waals surface area contributed by atoms with Crippen LogP contribution in [0.5, 0.6) is 0 Å². The van der Waals surface area contributed by atoms with Crippen LogP contribution in [-0.2, 0) is 0 Å². The van der Waals surface area contributed by atoms with E-state index in [9.17, 15) is 9.59 Å². The van der Waals surface area contributed by atoms with Crippen molar-refractivity contribution in [2.45, 2.75) is 13.8 Å². The molecule has 0 spiro atoms. The molecule has 0 bridgehead atoms. The Balaban J connectivity index is 1.70. The van der Waals surface area contributed by atoms with Crippen molar-refractivity contribution < 1.29 is 9.59 Å². The first-order valence-electron chi connectivity index (χ1n) is 7.96. The molecule has 0 saturated carbocycles. The number of anilines is 2. The number of hydrogen-bond donors (Lipinski definition) is 2. The van der Waals surface area contributed by atoms with Crippen LogP contribution < -0.4 is 10.6 Å². The molecule has 3 aromatic heterocycles. The van der Waals surface area contributed by atoms with Gasteiger partial charge in [-0.3, -0.25) is 14.6 Å². The minimum atomic E-state index is -0.390. The lowest BCUT2D eigenvalue weighted by Gasteiger charge is -2.08. The van der Waals surface area contributed by atoms with Gasteiger partial charge >= 0.3 is 0 Å². The summed E-state index contributed by atoms with van der Waals surface area (Å²) in [5, 5.41) is 5.42. The highest BCUT2D eigenvalue weighted by Gasteiger charge is 2.13. The summed E-state index contributed by atoms with van der Waals surface area (Å²) in [7, 11) is 0. The first-order chi connectivity index (χ1) is 12.5. The van der Waals surface area contributed by atoms with E-state index in [4.69, 9.17) is 0 Å². The fraction of sp³-hybridized carbons (Fsp3) is 0.105. The van der Waals surface area contributed by atoms with E-state index in [1.54, 1.807) is 30.6 Å². The van der Waals surface area contributed by atoms with Crippen LogP contribution >= 0.6 is 0 Å². The number of amides is 2. The van der Waals surface area contributed by atoms with E-state index in [0.29, 0.717) is 17.2 Å². The topological polar surface area (TPSA) is 96.9 Å². The monoisotopic (exact) mass is 347 g/mol. The number of carbonyl (C=O) groups is 2. The van der Waals surface area contributed by atoms with Crippen LogP contribution in [0.2, 0.25) is 0 Å². The van der Waals surface area contributed by atoms with Crippen molar-refractivity contribution in [3.05, 3.63) is 77.4 Å². The Kier molecular flexibility index (Phi) is 4.98. The van der Waals surface area contributed by atoms with Gasteiger partial charge in [0.15, 0.2) is 0 Å². The normalized spacial score (nSPS) is 10.2. The molecule has 2 amide bonds. The predicted molar refractivity (Wildman–Crippen MR) is 98.1 cm³/mol. The van der Waals surface area contributed by atoms with Crippen LogP contribution in [0, 0.1) is 13.8 Å². The van der Waals surface area contributed by atoms with Crippen LogP contribution in [0.4, 0.5) is 11.6 Å². The maximum absolute atomic E-state index is 12.3. The highest BCUT2D eigenvalue weighted by atomic mass is 16.2. The Hall–Kier alpha value is -3.61. The standard InChI is InChI=1S/C19H17N5O2/c1-12-5-3-9-20-16(12)23-18(25)14-7-8-15(22-11-14)19(26)24-17-13(2)6-4-10-21-17/h3-11H,1-2H3,(H,20,23,25)(H,21,24,26). The first kappa shape index (κ1) is 17.2. The minimum absolute atomic E-state index is 0.195. The summed E-state index contributed by atoms with van der Waals surface area (Å²) in [5.41, 5.74) is 2.24. The van der Waals surface area contributed by atoms with Crippen molar-refractivity contribution in [1.82, 2.24) is 15.0 Å². The summed E-state index contributed by atoms with van der Waals surface area (Å²) in [5.74, 6) is 0.239. The minimum Gasteiger partial charge on any atom is -0.306 e. The second-order valence-electron chi connectivity index (χ2n) is 5.68. The first-order valence-corrected chi connectivity index (χ1v) is 7.96. The second-order valence-corrected chi connectivity index (χ2v) is 5.68. The molecule has 3 heterocycles. The molecule has 0 saturated heterocycles. The van der Waals surface area contributed by atoms with Crippen molar-refractivity contribution in [1.29, 1.82) is 0 Å². The number of nitrogens with zero attached hydrogens (tertiary/aromatic N) is 3. The smallest absolute Gasteiger partial charge is 0.275 e. The molecule has 3 rings (SSSR count). The van der Waals surface area contributed by atoms with Crippen LogP contribution in [0.25, 0.3) is 0 Å². The summed E-state index contributed by atoms with van der Waals surface area (Å²) in [6.45, 7) is 3.71. The number of nitrogens with one attached hydrogen (secondary N) is 2. The van der Waals surface area contributed by atoms with Gasteiger partial charge in [0.1, 0.15) is 17.3 Å². The average Bonchev–Trinajstić information content (AvgIpc) is 2.65. The van der Waals surface area contributed by atoms with Crippen molar-refractivity contribution in [2.24, 2.45) is 0 Å². The molecule has 0 aliphatic rings. The third-order valence-corrected chi connectivity index (χ3v) is 3.74. The second kappa shape index (κ2) is 7.52. The molecule has 0 aromatic carbocycles. The number of rotatable bonds is 4. The number of aromatic nitrogens is 3. The number of carbonyl (C=O) groups excluding carboxylic acids is 2. The summed E-state index contributed by atoms with van der Waals surface area (Å²) >= 11 is 0. The molecule has 0 aliphatic heterocycles. The van der Waals surface area contributed by atoms with Crippen molar-refractivity contribution in [3.63, 3.8) is 0 Å². The van der Waals surface area contributed by atoms with Gasteiger partial charge in [-0.15, -0.1) is 0 Å². The maximum Gasteiger partial charge on any atom is 0.275 e. The van der Waals surface area contributed by atoms with E-state index in [0.717, 1.165) is 11.1 Å². The molecule has 2 N–H and O–H groups in total. The summed E-state index contributed by atoms with van der Waals surface area (Å²) in [4.78, 5) is 36.8. The van der Waals surface area contributed by atoms with E-state index in [1.165, 1.54) is 12.3 Å². The van der Waals surface area contributed by atoms with Gasteiger partial charge in [-0.1, -0.05) is 12.1 Å². The summed E-state index contributed by atoms with van der Waals surface area (Å²) in [6.07, 6.45) is 4.56. The molecule has 0 radical (unpaired) electrons. The Morgan fingerprint density at radius 2 is 1.35 bits per heavy atom. The molecule has 7 nitrogen and oxygen atoms in total. The van der Waals surface area contributed by atoms with Crippen LogP contribution in [0.1, 0.15) is 32.0 Å². The molecule has 130 valence electrons. The largest absolute Gasteiger partial charge is 0.306 e. The summed E-state index contributed by atoms with van der Waals surface area (Å²) < 4.78 is 0. The molecule has 26 heavy (non-hydrogen) atoms. The van der Waals surface area contributed by atoms with E-state index in [2.05, 4.69) is 25.6 Å². The lowest BCUT2D eigenvalue weighted by atomic mass is 10.2. The third-order valence-electron chi connectivity index (χ3n) is 3.74. The van der Waals surface area contributed by atoms with Gasteiger partial charge in [0.25, 0.3) is 11.8 Å². The third kappa shape index (κ3) is 3.89. The van der Waals surface area contributed by atoms with Gasteiger partial charge in [-0.05, 0) is 49.2 Å². The molecule has 0 fully saturated rings. The zero-order chi connectivity index (χ0) is 18.5. The molecular formula is C19H17N5O2. The molecule has 0 unspecified atom stereocenters. The predicted octanol–water partition coefficient (Wildman–Crippen LogP) is 2.99. The van der Waals surface area contributed by atoms with Crippen LogP contribution in [0.15, 0.2) is 55.0 Å². The number of pyridine rings is 3. The van der Waals surface area contributed by atoms with Crippen molar-refractivity contribution in [3.8, 4) is 0 Å².